The predicted molar refractivity (Wildman–Crippen MR) is 95.7 cm³/mol. The smallest absolute Gasteiger partial charge is 0.263 e. The van der Waals surface area contributed by atoms with E-state index < -0.39 is 0 Å². The highest BCUT2D eigenvalue weighted by Gasteiger charge is 2.28. The Morgan fingerprint density at radius 3 is 2.67 bits per heavy atom. The first-order valence-corrected chi connectivity index (χ1v) is 9.15. The van der Waals surface area contributed by atoms with E-state index in [2.05, 4.69) is 18.8 Å². The molecule has 0 unspecified atom stereocenters. The van der Waals surface area contributed by atoms with Crippen LogP contribution in [-0.2, 0) is 0 Å². The number of benzene rings is 1. The molecule has 124 valence electrons. The number of carbonyl (C=O) groups is 1. The molecule has 2 aromatic heterocycles. The number of fused-ring (bicyclic) bond motifs is 1. The van der Waals surface area contributed by atoms with Crippen molar-refractivity contribution in [2.24, 2.45) is 0 Å². The Morgan fingerprint density at radius 1 is 1.25 bits per heavy atom. The van der Waals surface area contributed by atoms with Crippen LogP contribution < -0.4 is 0 Å². The molecule has 1 aromatic carbocycles. The van der Waals surface area contributed by atoms with E-state index in [1.165, 1.54) is 10.4 Å². The molecule has 0 spiro atoms. The molecule has 1 aliphatic rings. The Labute approximate surface area is 145 Å². The van der Waals surface area contributed by atoms with Crippen LogP contribution in [0.4, 0.5) is 0 Å². The van der Waals surface area contributed by atoms with Crippen LogP contribution in [0.3, 0.4) is 0 Å². The van der Waals surface area contributed by atoms with Gasteiger partial charge in [-0.3, -0.25) is 4.79 Å². The summed E-state index contributed by atoms with van der Waals surface area (Å²) in [6, 6.07) is 9.87. The monoisotopic (exact) mass is 340 g/mol. The number of rotatable bonds is 2. The van der Waals surface area contributed by atoms with E-state index in [0.29, 0.717) is 5.92 Å². The fourth-order valence-electron chi connectivity index (χ4n) is 3.23. The van der Waals surface area contributed by atoms with Crippen LogP contribution in [-0.4, -0.2) is 28.9 Å². The number of thiophene rings is 1. The van der Waals surface area contributed by atoms with Gasteiger partial charge in [-0.15, -0.1) is 11.3 Å². The van der Waals surface area contributed by atoms with Gasteiger partial charge in [-0.05, 0) is 50.5 Å². The number of amides is 1. The lowest BCUT2D eigenvalue weighted by atomic mass is 9.96. The van der Waals surface area contributed by atoms with E-state index >= 15 is 0 Å². The molecule has 0 saturated carbocycles. The zero-order valence-corrected chi connectivity index (χ0v) is 14.7. The maximum atomic E-state index is 12.6. The second-order valence-corrected chi connectivity index (χ2v) is 7.69. The standard InChI is InChI=1S/C19H20N2O2S/c1-12-11-17(24-13(12)2)19(22)21-9-7-14(8-10-21)18-20-15-5-3-4-6-16(15)23-18/h3-6,11,14H,7-10H2,1-2H3. The molecule has 0 radical (unpaired) electrons. The van der Waals surface area contributed by atoms with Crippen LogP contribution in [0, 0.1) is 13.8 Å². The maximum Gasteiger partial charge on any atom is 0.263 e. The van der Waals surface area contributed by atoms with Gasteiger partial charge in [0.25, 0.3) is 5.91 Å². The van der Waals surface area contributed by atoms with Gasteiger partial charge in [0, 0.05) is 23.9 Å². The minimum absolute atomic E-state index is 0.159. The summed E-state index contributed by atoms with van der Waals surface area (Å²) in [4.78, 5) is 21.3. The lowest BCUT2D eigenvalue weighted by molar-refractivity contribution is 0.0711. The highest BCUT2D eigenvalue weighted by Crippen LogP contribution is 2.31. The fraction of sp³-hybridized carbons (Fsp3) is 0.368. The lowest BCUT2D eigenvalue weighted by Gasteiger charge is -2.30. The minimum Gasteiger partial charge on any atom is -0.440 e. The van der Waals surface area contributed by atoms with Gasteiger partial charge in [0.15, 0.2) is 11.5 Å². The molecular formula is C19H20N2O2S. The topological polar surface area (TPSA) is 46.3 Å². The third kappa shape index (κ3) is 2.73. The summed E-state index contributed by atoms with van der Waals surface area (Å²) in [7, 11) is 0. The first-order valence-electron chi connectivity index (χ1n) is 8.33. The highest BCUT2D eigenvalue weighted by molar-refractivity contribution is 7.14. The van der Waals surface area contributed by atoms with E-state index in [4.69, 9.17) is 4.42 Å². The number of hydrogen-bond donors (Lipinski definition) is 0. The molecule has 24 heavy (non-hydrogen) atoms. The first kappa shape index (κ1) is 15.4. The third-order valence-corrected chi connectivity index (χ3v) is 5.96. The third-order valence-electron chi connectivity index (χ3n) is 4.82. The van der Waals surface area contributed by atoms with Crippen LogP contribution in [0.25, 0.3) is 11.1 Å². The lowest BCUT2D eigenvalue weighted by Crippen LogP contribution is -2.37. The zero-order valence-electron chi connectivity index (χ0n) is 13.9. The molecule has 1 amide bonds. The average molecular weight is 340 g/mol. The Bertz CT molecular complexity index is 835. The quantitative estimate of drug-likeness (QED) is 0.689. The number of nitrogens with zero attached hydrogens (tertiary/aromatic N) is 2. The molecule has 3 aromatic rings. The van der Waals surface area contributed by atoms with E-state index in [1.807, 2.05) is 35.2 Å². The van der Waals surface area contributed by atoms with Gasteiger partial charge in [0.1, 0.15) is 5.52 Å². The molecule has 0 bridgehead atoms. The number of aryl methyl sites for hydroxylation is 2. The van der Waals surface area contributed by atoms with Crippen molar-refractivity contribution in [1.29, 1.82) is 0 Å². The summed E-state index contributed by atoms with van der Waals surface area (Å²) in [6.45, 7) is 5.65. The fourth-order valence-corrected chi connectivity index (χ4v) is 4.23. The van der Waals surface area contributed by atoms with Crippen molar-refractivity contribution < 1.29 is 9.21 Å². The molecular weight excluding hydrogens is 320 g/mol. The van der Waals surface area contributed by atoms with E-state index in [9.17, 15) is 4.79 Å². The van der Waals surface area contributed by atoms with Crippen LogP contribution in [0.5, 0.6) is 0 Å². The van der Waals surface area contributed by atoms with Gasteiger partial charge >= 0.3 is 0 Å². The molecule has 3 heterocycles. The summed E-state index contributed by atoms with van der Waals surface area (Å²) in [6.07, 6.45) is 1.81. The van der Waals surface area contributed by atoms with E-state index in [-0.39, 0.29) is 5.91 Å². The van der Waals surface area contributed by atoms with Crippen molar-refractivity contribution in [3.63, 3.8) is 0 Å². The van der Waals surface area contributed by atoms with Crippen molar-refractivity contribution in [3.8, 4) is 0 Å². The van der Waals surface area contributed by atoms with E-state index in [0.717, 1.165) is 47.8 Å². The Morgan fingerprint density at radius 2 is 2.00 bits per heavy atom. The van der Waals surface area contributed by atoms with Gasteiger partial charge in [-0.1, -0.05) is 12.1 Å². The summed E-state index contributed by atoms with van der Waals surface area (Å²) in [5.41, 5.74) is 2.95. The molecule has 5 heteroatoms. The van der Waals surface area contributed by atoms with Gasteiger partial charge in [-0.25, -0.2) is 4.98 Å². The number of hydrogen-bond acceptors (Lipinski definition) is 4. The van der Waals surface area contributed by atoms with Crippen LogP contribution in [0.15, 0.2) is 34.7 Å². The number of likely N-dealkylation sites (tertiary alicyclic amines) is 1. The summed E-state index contributed by atoms with van der Waals surface area (Å²) < 4.78 is 5.89. The minimum atomic E-state index is 0.159. The Hall–Kier alpha value is -2.14. The summed E-state index contributed by atoms with van der Waals surface area (Å²) in [5, 5.41) is 0. The molecule has 0 aliphatic carbocycles. The Kier molecular flexibility index (Phi) is 3.88. The molecule has 4 nitrogen and oxygen atoms in total. The highest BCUT2D eigenvalue weighted by atomic mass is 32.1. The van der Waals surface area contributed by atoms with Gasteiger partial charge < -0.3 is 9.32 Å². The molecule has 4 rings (SSSR count). The second-order valence-electron chi connectivity index (χ2n) is 6.44. The molecule has 1 aliphatic heterocycles. The van der Waals surface area contributed by atoms with Gasteiger partial charge in [-0.2, -0.15) is 0 Å². The summed E-state index contributed by atoms with van der Waals surface area (Å²) >= 11 is 1.59. The van der Waals surface area contributed by atoms with Gasteiger partial charge in [0.05, 0.1) is 4.88 Å². The molecule has 0 atom stereocenters. The van der Waals surface area contributed by atoms with Crippen LogP contribution in [0.2, 0.25) is 0 Å². The predicted octanol–water partition coefficient (Wildman–Crippen LogP) is 4.53. The van der Waals surface area contributed by atoms with Crippen molar-refractivity contribution >= 4 is 28.3 Å². The second kappa shape index (κ2) is 6.06. The van der Waals surface area contributed by atoms with Crippen molar-refractivity contribution in [3.05, 3.63) is 51.5 Å². The van der Waals surface area contributed by atoms with Crippen molar-refractivity contribution in [2.45, 2.75) is 32.6 Å². The van der Waals surface area contributed by atoms with Gasteiger partial charge in [0.2, 0.25) is 0 Å². The first-order chi connectivity index (χ1) is 11.6. The van der Waals surface area contributed by atoms with Crippen LogP contribution in [0.1, 0.15) is 44.8 Å². The number of carbonyl (C=O) groups excluding carboxylic acids is 1. The molecule has 1 saturated heterocycles. The number of oxazole rings is 1. The zero-order chi connectivity index (χ0) is 16.7. The normalized spacial score (nSPS) is 16.0. The van der Waals surface area contributed by atoms with Crippen molar-refractivity contribution in [2.75, 3.05) is 13.1 Å². The number of aromatic nitrogens is 1. The number of piperidine rings is 1. The Balaban J connectivity index is 1.45. The summed E-state index contributed by atoms with van der Waals surface area (Å²) in [5.74, 6) is 1.27. The van der Waals surface area contributed by atoms with E-state index in [1.54, 1.807) is 11.3 Å². The number of para-hydroxylation sites is 2. The molecule has 1 fully saturated rings. The SMILES string of the molecule is Cc1cc(C(=O)N2CCC(c3nc4ccccc4o3)CC2)sc1C. The molecule has 0 N–H and O–H groups in total. The largest absolute Gasteiger partial charge is 0.440 e. The van der Waals surface area contributed by atoms with Crippen molar-refractivity contribution in [1.82, 2.24) is 9.88 Å². The average Bonchev–Trinajstić information content (AvgIpc) is 3.18. The van der Waals surface area contributed by atoms with Crippen LogP contribution >= 0.6 is 11.3 Å². The maximum absolute atomic E-state index is 12.6.